The topological polar surface area (TPSA) is 80.3 Å². The molecule has 0 spiro atoms. The zero-order chi connectivity index (χ0) is 21.0. The molecule has 0 saturated carbocycles. The molecule has 1 rings (SSSR count). The van der Waals surface area contributed by atoms with Gasteiger partial charge in [0.05, 0.1) is 30.5 Å². The van der Waals surface area contributed by atoms with E-state index in [-0.39, 0.29) is 24.0 Å². The first-order valence-corrected chi connectivity index (χ1v) is 9.58. The lowest BCUT2D eigenvalue weighted by atomic mass is 9.78. The third-order valence-corrected chi connectivity index (χ3v) is 5.83. The van der Waals surface area contributed by atoms with E-state index in [9.17, 15) is 19.8 Å². The number of carbonyl (C=O) groups is 2. The van der Waals surface area contributed by atoms with Crippen LogP contribution in [-0.4, -0.2) is 35.1 Å². The van der Waals surface area contributed by atoms with Gasteiger partial charge in [-0.2, -0.15) is 0 Å². The minimum Gasteiger partial charge on any atom is -0.550 e. The molecule has 6 heteroatoms. The number of carboxylic acid groups (broad SMARTS) is 2. The monoisotopic (exact) mass is 396 g/mol. The van der Waals surface area contributed by atoms with Crippen LogP contribution in [0.4, 0.5) is 0 Å². The summed E-state index contributed by atoms with van der Waals surface area (Å²) in [6.07, 6.45) is -0.161. The highest BCUT2D eigenvalue weighted by atomic mass is 35.5. The van der Waals surface area contributed by atoms with E-state index in [1.807, 2.05) is 59.7 Å². The maximum absolute atomic E-state index is 11.9. The largest absolute Gasteiger partial charge is 0.550 e. The highest BCUT2D eigenvalue weighted by Gasteiger charge is 2.44. The summed E-state index contributed by atoms with van der Waals surface area (Å²) in [6.45, 7) is 12.5. The SMILES string of the molecule is CC(C)(C)C(C[N+](CCC(=O)[O-])(Cc1ccccc1Cl)C(C)(C)C)C(=O)[O-]. The van der Waals surface area contributed by atoms with Crippen LogP contribution in [0, 0.1) is 11.3 Å². The molecule has 0 bridgehead atoms. The van der Waals surface area contributed by atoms with Gasteiger partial charge in [-0.1, -0.05) is 50.6 Å². The molecule has 2 atom stereocenters. The second kappa shape index (κ2) is 8.61. The quantitative estimate of drug-likeness (QED) is 0.629. The Balaban J connectivity index is 3.48. The Morgan fingerprint density at radius 2 is 1.63 bits per heavy atom. The third kappa shape index (κ3) is 6.22. The normalized spacial score (nSPS) is 15.8. The zero-order valence-electron chi connectivity index (χ0n) is 17.2. The maximum atomic E-state index is 11.9. The van der Waals surface area contributed by atoms with Crippen LogP contribution in [-0.2, 0) is 16.1 Å². The van der Waals surface area contributed by atoms with Gasteiger partial charge in [0.1, 0.15) is 6.54 Å². The fourth-order valence-corrected chi connectivity index (χ4v) is 3.59. The number of benzene rings is 1. The zero-order valence-corrected chi connectivity index (χ0v) is 17.9. The van der Waals surface area contributed by atoms with Gasteiger partial charge in [0.15, 0.2) is 0 Å². The Kier molecular flexibility index (Phi) is 7.48. The maximum Gasteiger partial charge on any atom is 0.106 e. The van der Waals surface area contributed by atoms with E-state index < -0.39 is 28.8 Å². The summed E-state index contributed by atoms with van der Waals surface area (Å²) in [5.74, 6) is -3.02. The van der Waals surface area contributed by atoms with Crippen LogP contribution in [0.3, 0.4) is 0 Å². The summed E-state index contributed by atoms with van der Waals surface area (Å²) in [7, 11) is 0. The summed E-state index contributed by atoms with van der Waals surface area (Å²) in [4.78, 5) is 23.2. The van der Waals surface area contributed by atoms with Crippen molar-refractivity contribution in [1.29, 1.82) is 0 Å². The van der Waals surface area contributed by atoms with Crippen molar-refractivity contribution in [2.75, 3.05) is 13.1 Å². The second-order valence-corrected chi connectivity index (χ2v) is 9.74. The summed E-state index contributed by atoms with van der Waals surface area (Å²) < 4.78 is 0.251. The van der Waals surface area contributed by atoms with Crippen molar-refractivity contribution in [3.63, 3.8) is 0 Å². The fraction of sp³-hybridized carbons (Fsp3) is 0.619. The van der Waals surface area contributed by atoms with Crippen molar-refractivity contribution in [3.8, 4) is 0 Å². The van der Waals surface area contributed by atoms with Crippen molar-refractivity contribution >= 4 is 23.5 Å². The van der Waals surface area contributed by atoms with E-state index in [0.717, 1.165) is 5.56 Å². The Morgan fingerprint density at radius 1 is 1.07 bits per heavy atom. The highest BCUT2D eigenvalue weighted by molar-refractivity contribution is 6.31. The van der Waals surface area contributed by atoms with E-state index in [2.05, 4.69) is 0 Å². The minimum absolute atomic E-state index is 0.161. The lowest BCUT2D eigenvalue weighted by Gasteiger charge is -2.52. The lowest BCUT2D eigenvalue weighted by Crippen LogP contribution is -2.64. The predicted octanol–water partition coefficient (Wildman–Crippen LogP) is 2.01. The summed E-state index contributed by atoms with van der Waals surface area (Å²) in [5, 5.41) is 23.7. The predicted molar refractivity (Wildman–Crippen MR) is 102 cm³/mol. The van der Waals surface area contributed by atoms with E-state index in [0.29, 0.717) is 11.6 Å². The van der Waals surface area contributed by atoms with E-state index >= 15 is 0 Å². The van der Waals surface area contributed by atoms with Crippen molar-refractivity contribution in [2.24, 2.45) is 11.3 Å². The number of nitrogens with zero attached hydrogens (tertiary/aromatic N) is 1. The van der Waals surface area contributed by atoms with Gasteiger partial charge in [0.2, 0.25) is 0 Å². The molecule has 1 aromatic rings. The molecule has 0 amide bonds. The van der Waals surface area contributed by atoms with Crippen LogP contribution >= 0.6 is 11.6 Å². The minimum atomic E-state index is -1.15. The number of rotatable bonds is 8. The molecule has 0 saturated heterocycles. The van der Waals surface area contributed by atoms with Crippen molar-refractivity contribution < 1.29 is 24.3 Å². The molecule has 2 unspecified atom stereocenters. The molecular weight excluding hydrogens is 366 g/mol. The van der Waals surface area contributed by atoms with Crippen molar-refractivity contribution in [1.82, 2.24) is 0 Å². The van der Waals surface area contributed by atoms with Crippen molar-refractivity contribution in [2.45, 2.75) is 60.0 Å². The third-order valence-electron chi connectivity index (χ3n) is 5.46. The Labute approximate surface area is 167 Å². The van der Waals surface area contributed by atoms with Crippen molar-refractivity contribution in [3.05, 3.63) is 34.9 Å². The first kappa shape index (κ1) is 23.4. The van der Waals surface area contributed by atoms with Gasteiger partial charge in [-0.25, -0.2) is 0 Å². The molecule has 0 N–H and O–H groups in total. The van der Waals surface area contributed by atoms with E-state index in [1.165, 1.54) is 0 Å². The smallest absolute Gasteiger partial charge is 0.106 e. The molecule has 1 aromatic carbocycles. The van der Waals surface area contributed by atoms with Gasteiger partial charge in [0.25, 0.3) is 0 Å². The molecular formula is C21H31ClNO4-. The number of hydrogen-bond donors (Lipinski definition) is 0. The molecule has 0 heterocycles. The Bertz CT molecular complexity index is 675. The molecule has 0 aliphatic heterocycles. The van der Waals surface area contributed by atoms with Crippen LogP contribution in [0.1, 0.15) is 53.5 Å². The summed E-state index contributed by atoms with van der Waals surface area (Å²) in [6, 6.07) is 7.38. The molecule has 0 aliphatic rings. The Hall–Kier alpha value is -1.59. The average molecular weight is 397 g/mol. The highest BCUT2D eigenvalue weighted by Crippen LogP contribution is 2.36. The van der Waals surface area contributed by atoms with Crippen LogP contribution in [0.5, 0.6) is 0 Å². The molecule has 0 aliphatic carbocycles. The van der Waals surface area contributed by atoms with E-state index in [4.69, 9.17) is 11.6 Å². The van der Waals surface area contributed by atoms with Gasteiger partial charge >= 0.3 is 0 Å². The molecule has 152 valence electrons. The number of aliphatic carboxylic acids is 2. The van der Waals surface area contributed by atoms with Crippen LogP contribution in [0.2, 0.25) is 5.02 Å². The van der Waals surface area contributed by atoms with E-state index in [1.54, 1.807) is 6.07 Å². The van der Waals surface area contributed by atoms with Gasteiger partial charge in [-0.3, -0.25) is 0 Å². The number of quaternary nitrogens is 1. The average Bonchev–Trinajstić information content (AvgIpc) is 2.49. The fourth-order valence-electron chi connectivity index (χ4n) is 3.39. The first-order chi connectivity index (χ1) is 12.2. The van der Waals surface area contributed by atoms with Crippen LogP contribution in [0.15, 0.2) is 24.3 Å². The molecule has 0 fully saturated rings. The molecule has 5 nitrogen and oxygen atoms in total. The van der Waals surface area contributed by atoms with Gasteiger partial charge in [-0.15, -0.1) is 0 Å². The van der Waals surface area contributed by atoms with Gasteiger partial charge in [0, 0.05) is 23.0 Å². The van der Waals surface area contributed by atoms with Crippen LogP contribution < -0.4 is 10.2 Å². The molecule has 0 radical (unpaired) electrons. The summed E-state index contributed by atoms with van der Waals surface area (Å²) >= 11 is 6.36. The lowest BCUT2D eigenvalue weighted by molar-refractivity contribution is -0.985. The number of carboxylic acids is 2. The first-order valence-electron chi connectivity index (χ1n) is 9.20. The number of hydrogen-bond acceptors (Lipinski definition) is 4. The van der Waals surface area contributed by atoms with Gasteiger partial charge < -0.3 is 24.3 Å². The van der Waals surface area contributed by atoms with Crippen LogP contribution in [0.25, 0.3) is 0 Å². The number of halogens is 1. The standard InChI is InChI=1S/C21H32ClNO4/c1-20(2,3)16(19(26)27)14-23(21(4,5)6,12-11-18(24)25)13-15-9-7-8-10-17(15)22/h7-10,16H,11-14H2,1-6H3,(H-,24,25,26,27)/p-1. The van der Waals surface area contributed by atoms with Gasteiger partial charge in [-0.05, 0) is 32.3 Å². The number of carbonyl (C=O) groups excluding carboxylic acids is 2. The molecule has 27 heavy (non-hydrogen) atoms. The molecule has 0 aromatic heterocycles. The summed E-state index contributed by atoms with van der Waals surface area (Å²) in [5.41, 5.74) is -0.0956. The Morgan fingerprint density at radius 3 is 2.04 bits per heavy atom. The second-order valence-electron chi connectivity index (χ2n) is 9.33.